The molecule has 3 N–H and O–H groups in total. The predicted molar refractivity (Wildman–Crippen MR) is 120 cm³/mol. The zero-order valence-corrected chi connectivity index (χ0v) is 18.4. The minimum atomic E-state index is -1.23. The minimum Gasteiger partial charge on any atom is -0.508 e. The second kappa shape index (κ2) is 16.1. The molecule has 166 valence electrons. The molecule has 0 aliphatic carbocycles. The number of unbranched alkanes of at least 4 members (excludes halogenated alkanes) is 15. The van der Waals surface area contributed by atoms with E-state index in [2.05, 4.69) is 6.92 Å². The smallest absolute Gasteiger partial charge is 0.339 e. The standard InChI is InChI=1S/C25H42O4/c1-2-3-4-5-6-7-8-9-10-11-12-13-14-15-16-17-18-21-19-24(27)22(25(28)29)20-23(21)26/h19-20,26-27H,2-18H2,1H3,(H,28,29). The van der Waals surface area contributed by atoms with Crippen LogP contribution in [-0.4, -0.2) is 21.3 Å². The van der Waals surface area contributed by atoms with E-state index in [0.29, 0.717) is 12.0 Å². The van der Waals surface area contributed by atoms with Gasteiger partial charge in [0.05, 0.1) is 0 Å². The highest BCUT2D eigenvalue weighted by Crippen LogP contribution is 2.28. The van der Waals surface area contributed by atoms with E-state index in [9.17, 15) is 15.0 Å². The van der Waals surface area contributed by atoms with Crippen molar-refractivity contribution in [3.63, 3.8) is 0 Å². The van der Waals surface area contributed by atoms with E-state index in [4.69, 9.17) is 5.11 Å². The number of phenolic OH excluding ortho intramolecular Hbond substituents is 1. The molecule has 1 aromatic carbocycles. The number of rotatable bonds is 18. The lowest BCUT2D eigenvalue weighted by Crippen LogP contribution is -1.98. The highest BCUT2D eigenvalue weighted by Gasteiger charge is 2.13. The van der Waals surface area contributed by atoms with E-state index in [1.165, 1.54) is 96.0 Å². The average Bonchev–Trinajstić information content (AvgIpc) is 2.69. The van der Waals surface area contributed by atoms with Gasteiger partial charge in [-0.15, -0.1) is 0 Å². The number of carboxylic acid groups (broad SMARTS) is 1. The third kappa shape index (κ3) is 11.8. The van der Waals surface area contributed by atoms with Gasteiger partial charge in [0.2, 0.25) is 0 Å². The second-order valence-electron chi connectivity index (χ2n) is 8.36. The number of aromatic hydroxyl groups is 2. The zero-order valence-electron chi connectivity index (χ0n) is 18.4. The van der Waals surface area contributed by atoms with Crippen LogP contribution in [0.25, 0.3) is 0 Å². The molecule has 1 rings (SSSR count). The molecule has 0 heterocycles. The lowest BCUT2D eigenvalue weighted by atomic mass is 10.0. The van der Waals surface area contributed by atoms with Gasteiger partial charge < -0.3 is 15.3 Å². The molecule has 0 aliphatic heterocycles. The van der Waals surface area contributed by atoms with Gasteiger partial charge in [-0.05, 0) is 30.5 Å². The predicted octanol–water partition coefficient (Wildman–Crippen LogP) is 7.60. The number of aryl methyl sites for hydroxylation is 1. The van der Waals surface area contributed by atoms with Crippen LogP contribution in [0.5, 0.6) is 11.5 Å². The van der Waals surface area contributed by atoms with Crippen LogP contribution in [-0.2, 0) is 6.42 Å². The molecule has 0 aliphatic rings. The molecule has 0 atom stereocenters. The van der Waals surface area contributed by atoms with Crippen molar-refractivity contribution >= 4 is 5.97 Å². The quantitative estimate of drug-likeness (QED) is 0.173. The van der Waals surface area contributed by atoms with Gasteiger partial charge in [0.25, 0.3) is 0 Å². The monoisotopic (exact) mass is 406 g/mol. The largest absolute Gasteiger partial charge is 0.508 e. The Kier molecular flexibility index (Phi) is 14.1. The van der Waals surface area contributed by atoms with Crippen LogP contribution in [0.15, 0.2) is 12.1 Å². The van der Waals surface area contributed by atoms with Gasteiger partial charge >= 0.3 is 5.97 Å². The first-order chi connectivity index (χ1) is 14.1. The van der Waals surface area contributed by atoms with Gasteiger partial charge in [-0.3, -0.25) is 0 Å². The Labute approximate surface area is 177 Å². The number of hydrogen-bond acceptors (Lipinski definition) is 3. The zero-order chi connectivity index (χ0) is 21.3. The Bertz CT molecular complexity index is 568. The molecular formula is C25H42O4. The molecule has 4 heteroatoms. The van der Waals surface area contributed by atoms with Crippen LogP contribution >= 0.6 is 0 Å². The van der Waals surface area contributed by atoms with Crippen LogP contribution < -0.4 is 0 Å². The number of hydrogen-bond donors (Lipinski definition) is 3. The summed E-state index contributed by atoms with van der Waals surface area (Å²) < 4.78 is 0. The molecule has 0 amide bonds. The minimum absolute atomic E-state index is 0.0406. The fraction of sp³-hybridized carbons (Fsp3) is 0.720. The second-order valence-corrected chi connectivity index (χ2v) is 8.36. The molecule has 0 aromatic heterocycles. The van der Waals surface area contributed by atoms with E-state index < -0.39 is 5.97 Å². The first kappa shape index (κ1) is 25.3. The molecule has 29 heavy (non-hydrogen) atoms. The summed E-state index contributed by atoms with van der Waals surface area (Å²) in [5.41, 5.74) is 0.371. The first-order valence-electron chi connectivity index (χ1n) is 11.8. The molecule has 0 radical (unpaired) electrons. The summed E-state index contributed by atoms with van der Waals surface area (Å²) in [6, 6.07) is 2.52. The maximum Gasteiger partial charge on any atom is 0.339 e. The maximum absolute atomic E-state index is 10.9. The number of carboxylic acids is 1. The summed E-state index contributed by atoms with van der Waals surface area (Å²) in [5.74, 6) is -1.55. The van der Waals surface area contributed by atoms with Crippen LogP contribution in [0.1, 0.15) is 126 Å². The van der Waals surface area contributed by atoms with E-state index in [0.717, 1.165) is 18.9 Å². The van der Waals surface area contributed by atoms with Crippen molar-refractivity contribution in [3.05, 3.63) is 23.3 Å². The number of benzene rings is 1. The highest BCUT2D eigenvalue weighted by molar-refractivity contribution is 5.91. The summed E-state index contributed by atoms with van der Waals surface area (Å²) in [6.07, 6.45) is 21.7. The van der Waals surface area contributed by atoms with Gasteiger partial charge in [-0.2, -0.15) is 0 Å². The van der Waals surface area contributed by atoms with Crippen molar-refractivity contribution in [2.45, 2.75) is 116 Å². The van der Waals surface area contributed by atoms with Crippen LogP contribution in [0.3, 0.4) is 0 Å². The van der Waals surface area contributed by atoms with Gasteiger partial charge in [-0.25, -0.2) is 4.79 Å². The Morgan fingerprint density at radius 3 is 1.48 bits per heavy atom. The van der Waals surface area contributed by atoms with Crippen LogP contribution in [0, 0.1) is 0 Å². The van der Waals surface area contributed by atoms with Crippen LogP contribution in [0.2, 0.25) is 0 Å². The van der Waals surface area contributed by atoms with Crippen molar-refractivity contribution in [2.24, 2.45) is 0 Å². The molecule has 1 aromatic rings. The lowest BCUT2D eigenvalue weighted by molar-refractivity contribution is 0.0693. The van der Waals surface area contributed by atoms with E-state index >= 15 is 0 Å². The summed E-state index contributed by atoms with van der Waals surface area (Å²) in [5, 5.41) is 28.6. The van der Waals surface area contributed by atoms with Crippen molar-refractivity contribution in [3.8, 4) is 11.5 Å². The molecule has 0 bridgehead atoms. The van der Waals surface area contributed by atoms with Gasteiger partial charge in [0.1, 0.15) is 17.1 Å². The third-order valence-electron chi connectivity index (χ3n) is 5.73. The van der Waals surface area contributed by atoms with Crippen molar-refractivity contribution in [1.82, 2.24) is 0 Å². The Hall–Kier alpha value is -1.71. The summed E-state index contributed by atoms with van der Waals surface area (Å²) in [6.45, 7) is 2.27. The van der Waals surface area contributed by atoms with Gasteiger partial charge in [0, 0.05) is 0 Å². The number of carbonyl (C=O) groups is 1. The molecule has 4 nitrogen and oxygen atoms in total. The third-order valence-corrected chi connectivity index (χ3v) is 5.73. The fourth-order valence-corrected chi connectivity index (χ4v) is 3.86. The number of phenols is 2. The SMILES string of the molecule is CCCCCCCCCCCCCCCCCCc1cc(O)c(C(=O)O)cc1O. The molecular weight excluding hydrogens is 364 g/mol. The molecule has 0 unspecified atom stereocenters. The van der Waals surface area contributed by atoms with Crippen LogP contribution in [0.4, 0.5) is 0 Å². The number of aromatic carboxylic acids is 1. The highest BCUT2D eigenvalue weighted by atomic mass is 16.4. The Morgan fingerprint density at radius 2 is 1.07 bits per heavy atom. The topological polar surface area (TPSA) is 77.8 Å². The molecule has 0 fully saturated rings. The fourth-order valence-electron chi connectivity index (χ4n) is 3.86. The Balaban J connectivity index is 1.94. The Morgan fingerprint density at radius 1 is 0.655 bits per heavy atom. The van der Waals surface area contributed by atoms with Gasteiger partial charge in [0.15, 0.2) is 0 Å². The first-order valence-corrected chi connectivity index (χ1v) is 11.8. The molecule has 0 saturated carbocycles. The normalized spacial score (nSPS) is 11.1. The summed E-state index contributed by atoms with van der Waals surface area (Å²) in [7, 11) is 0. The molecule has 0 spiro atoms. The maximum atomic E-state index is 10.9. The average molecular weight is 407 g/mol. The lowest BCUT2D eigenvalue weighted by Gasteiger charge is -2.08. The van der Waals surface area contributed by atoms with E-state index in [1.807, 2.05) is 0 Å². The van der Waals surface area contributed by atoms with E-state index in [1.54, 1.807) is 0 Å². The van der Waals surface area contributed by atoms with Crippen molar-refractivity contribution in [2.75, 3.05) is 0 Å². The summed E-state index contributed by atoms with van der Waals surface area (Å²) in [4.78, 5) is 10.9. The summed E-state index contributed by atoms with van der Waals surface area (Å²) >= 11 is 0. The molecule has 0 saturated heterocycles. The van der Waals surface area contributed by atoms with E-state index in [-0.39, 0.29) is 17.1 Å². The van der Waals surface area contributed by atoms with Gasteiger partial charge in [-0.1, -0.05) is 103 Å². The van der Waals surface area contributed by atoms with Crippen molar-refractivity contribution in [1.29, 1.82) is 0 Å². The van der Waals surface area contributed by atoms with Crippen molar-refractivity contribution < 1.29 is 20.1 Å².